The lowest BCUT2D eigenvalue weighted by Crippen LogP contribution is -2.72. The van der Waals surface area contributed by atoms with Gasteiger partial charge in [0.25, 0.3) is 0 Å². The summed E-state index contributed by atoms with van der Waals surface area (Å²) in [6.45, 7) is 2.96. The lowest BCUT2D eigenvalue weighted by molar-refractivity contribution is -0.204. The number of carbonyl (C=O) groups is 2. The summed E-state index contributed by atoms with van der Waals surface area (Å²) in [5.41, 5.74) is -1.42. The van der Waals surface area contributed by atoms with Gasteiger partial charge in [-0.05, 0) is 26.4 Å². The molecule has 116 valence electrons. The molecule has 1 N–H and O–H groups in total. The van der Waals surface area contributed by atoms with E-state index in [1.807, 2.05) is 7.05 Å². The van der Waals surface area contributed by atoms with Gasteiger partial charge in [-0.1, -0.05) is 0 Å². The first-order valence-corrected chi connectivity index (χ1v) is 8.02. The number of fused-ring (bicyclic) bond motifs is 4. The number of ketones is 2. The van der Waals surface area contributed by atoms with Crippen molar-refractivity contribution < 1.29 is 14.7 Å². The van der Waals surface area contributed by atoms with Crippen LogP contribution >= 0.6 is 0 Å². The van der Waals surface area contributed by atoms with Gasteiger partial charge in [0.2, 0.25) is 0 Å². The van der Waals surface area contributed by atoms with Crippen molar-refractivity contribution in [2.75, 3.05) is 40.3 Å². The Labute approximate surface area is 125 Å². The largest absolute Gasteiger partial charge is 0.389 e. The number of hydrogen-bond acceptors (Lipinski definition) is 5. The summed E-state index contributed by atoms with van der Waals surface area (Å²) in [6.07, 6.45) is 1.53. The highest BCUT2D eigenvalue weighted by Crippen LogP contribution is 2.60. The van der Waals surface area contributed by atoms with Crippen molar-refractivity contribution in [1.82, 2.24) is 9.80 Å². The number of likely N-dealkylation sites (tertiary alicyclic amines) is 2. The summed E-state index contributed by atoms with van der Waals surface area (Å²) in [6, 6.07) is 0. The third kappa shape index (κ3) is 1.63. The third-order valence-corrected chi connectivity index (χ3v) is 6.66. The molecule has 4 rings (SSSR count). The minimum atomic E-state index is -0.906. The number of Topliss-reactive ketones (excluding diaryl/α,β-unsaturated/α-hetero) is 2. The molecule has 2 heterocycles. The van der Waals surface area contributed by atoms with E-state index in [1.54, 1.807) is 0 Å². The SMILES string of the molecule is CN1CC[C@@]2(O)[C@H](C1)[C@H]1CC(=O)C[C@]13CN(C)C[C@H]2C3=O. The average Bonchev–Trinajstić information content (AvgIpc) is 2.73. The van der Waals surface area contributed by atoms with Crippen LogP contribution in [-0.2, 0) is 9.59 Å². The molecule has 2 saturated carbocycles. The Morgan fingerprint density at radius 3 is 2.67 bits per heavy atom. The monoisotopic (exact) mass is 292 g/mol. The molecule has 5 atom stereocenters. The third-order valence-electron chi connectivity index (χ3n) is 6.66. The molecule has 1 spiro atoms. The first kappa shape index (κ1) is 13.9. The fourth-order valence-electron chi connectivity index (χ4n) is 5.77. The molecule has 0 aromatic rings. The highest BCUT2D eigenvalue weighted by atomic mass is 16.3. The van der Waals surface area contributed by atoms with Crippen LogP contribution in [0.5, 0.6) is 0 Å². The highest BCUT2D eigenvalue weighted by molar-refractivity contribution is 5.98. The number of hydrogen-bond donors (Lipinski definition) is 1. The summed E-state index contributed by atoms with van der Waals surface area (Å²) in [4.78, 5) is 29.6. The molecule has 5 nitrogen and oxygen atoms in total. The highest BCUT2D eigenvalue weighted by Gasteiger charge is 2.69. The smallest absolute Gasteiger partial charge is 0.148 e. The van der Waals surface area contributed by atoms with Crippen LogP contribution in [0.4, 0.5) is 0 Å². The van der Waals surface area contributed by atoms with Gasteiger partial charge in [0.15, 0.2) is 0 Å². The molecule has 4 fully saturated rings. The molecular formula is C16H24N2O3. The van der Waals surface area contributed by atoms with Gasteiger partial charge in [0, 0.05) is 44.9 Å². The second-order valence-corrected chi connectivity index (χ2v) is 7.91. The van der Waals surface area contributed by atoms with Crippen molar-refractivity contribution in [3.8, 4) is 0 Å². The van der Waals surface area contributed by atoms with Crippen LogP contribution in [0.25, 0.3) is 0 Å². The van der Waals surface area contributed by atoms with Gasteiger partial charge in [-0.3, -0.25) is 9.59 Å². The van der Waals surface area contributed by atoms with Crippen molar-refractivity contribution in [1.29, 1.82) is 0 Å². The molecule has 0 amide bonds. The molecule has 0 aromatic carbocycles. The Hall–Kier alpha value is -0.780. The van der Waals surface area contributed by atoms with Crippen LogP contribution in [0.15, 0.2) is 0 Å². The maximum absolute atomic E-state index is 13.1. The Kier molecular flexibility index (Phi) is 2.74. The molecule has 2 saturated heterocycles. The molecule has 0 unspecified atom stereocenters. The van der Waals surface area contributed by atoms with Gasteiger partial charge < -0.3 is 14.9 Å². The van der Waals surface area contributed by atoms with E-state index in [1.165, 1.54) is 0 Å². The molecule has 0 aromatic heterocycles. The number of rotatable bonds is 0. The summed E-state index contributed by atoms with van der Waals surface area (Å²) < 4.78 is 0. The van der Waals surface area contributed by atoms with E-state index in [2.05, 4.69) is 16.8 Å². The predicted molar refractivity (Wildman–Crippen MR) is 76.7 cm³/mol. The van der Waals surface area contributed by atoms with Gasteiger partial charge >= 0.3 is 0 Å². The van der Waals surface area contributed by atoms with E-state index < -0.39 is 11.0 Å². The van der Waals surface area contributed by atoms with Crippen molar-refractivity contribution in [2.45, 2.75) is 24.9 Å². The molecule has 21 heavy (non-hydrogen) atoms. The molecular weight excluding hydrogens is 268 g/mol. The number of aliphatic hydroxyl groups is 1. The van der Waals surface area contributed by atoms with Crippen molar-refractivity contribution in [3.63, 3.8) is 0 Å². The maximum Gasteiger partial charge on any atom is 0.148 e. The van der Waals surface area contributed by atoms with Gasteiger partial charge in [-0.25, -0.2) is 0 Å². The Morgan fingerprint density at radius 2 is 1.90 bits per heavy atom. The van der Waals surface area contributed by atoms with E-state index in [9.17, 15) is 14.7 Å². The molecule has 2 aliphatic heterocycles. The minimum absolute atomic E-state index is 0.0317. The lowest BCUT2D eigenvalue weighted by Gasteiger charge is -2.61. The summed E-state index contributed by atoms with van der Waals surface area (Å²) in [7, 11) is 4.08. The number of nitrogens with zero attached hydrogens (tertiary/aromatic N) is 2. The molecule has 5 heteroatoms. The molecule has 4 aliphatic rings. The van der Waals surface area contributed by atoms with E-state index in [-0.39, 0.29) is 29.3 Å². The van der Waals surface area contributed by atoms with Crippen LogP contribution in [-0.4, -0.2) is 72.3 Å². The Bertz CT molecular complexity index is 522. The Balaban J connectivity index is 1.84. The van der Waals surface area contributed by atoms with E-state index in [0.29, 0.717) is 32.4 Å². The second kappa shape index (κ2) is 4.15. The zero-order valence-corrected chi connectivity index (χ0v) is 12.8. The van der Waals surface area contributed by atoms with Gasteiger partial charge in [0.1, 0.15) is 11.6 Å². The summed E-state index contributed by atoms with van der Waals surface area (Å²) in [5, 5.41) is 11.4. The molecule has 2 bridgehead atoms. The first-order chi connectivity index (χ1) is 9.87. The van der Waals surface area contributed by atoms with Crippen molar-refractivity contribution >= 4 is 11.6 Å². The summed E-state index contributed by atoms with van der Waals surface area (Å²) >= 11 is 0. The first-order valence-electron chi connectivity index (χ1n) is 8.02. The minimum Gasteiger partial charge on any atom is -0.389 e. The van der Waals surface area contributed by atoms with Crippen LogP contribution in [0.2, 0.25) is 0 Å². The van der Waals surface area contributed by atoms with Crippen LogP contribution < -0.4 is 0 Å². The standard InChI is InChI=1S/C16H24N2O3/c1-17-4-3-16(21)12(7-17)11-5-10(19)6-15(11)9-18(2)8-13(16)14(15)20/h11-13,21H,3-9H2,1-2H3/t11-,12-,13+,15+,16-/m1/s1. The van der Waals surface area contributed by atoms with Crippen LogP contribution in [0, 0.1) is 23.2 Å². The zero-order valence-electron chi connectivity index (χ0n) is 12.8. The number of piperidine rings is 2. The molecule has 2 aliphatic carbocycles. The normalized spacial score (nSPS) is 50.9. The lowest BCUT2D eigenvalue weighted by atomic mass is 9.49. The number of carbonyl (C=O) groups excluding carboxylic acids is 2. The van der Waals surface area contributed by atoms with Crippen LogP contribution in [0.3, 0.4) is 0 Å². The quantitative estimate of drug-likeness (QED) is 0.669. The predicted octanol–water partition coefficient (Wildman–Crippen LogP) is -0.221. The molecule has 0 radical (unpaired) electrons. The van der Waals surface area contributed by atoms with Crippen molar-refractivity contribution in [2.24, 2.45) is 23.2 Å². The maximum atomic E-state index is 13.1. The van der Waals surface area contributed by atoms with E-state index in [0.717, 1.165) is 13.1 Å². The van der Waals surface area contributed by atoms with Gasteiger partial charge in [-0.2, -0.15) is 0 Å². The van der Waals surface area contributed by atoms with Crippen LogP contribution in [0.1, 0.15) is 19.3 Å². The van der Waals surface area contributed by atoms with E-state index in [4.69, 9.17) is 0 Å². The topological polar surface area (TPSA) is 60.9 Å². The average molecular weight is 292 g/mol. The zero-order chi connectivity index (χ0) is 15.0. The van der Waals surface area contributed by atoms with Gasteiger partial charge in [-0.15, -0.1) is 0 Å². The van der Waals surface area contributed by atoms with Crippen molar-refractivity contribution in [3.05, 3.63) is 0 Å². The van der Waals surface area contributed by atoms with Gasteiger partial charge in [0.05, 0.1) is 16.9 Å². The fourth-order valence-corrected chi connectivity index (χ4v) is 5.77. The fraction of sp³-hybridized carbons (Fsp3) is 0.875. The second-order valence-electron chi connectivity index (χ2n) is 7.91. The van der Waals surface area contributed by atoms with E-state index >= 15 is 0 Å². The summed E-state index contributed by atoms with van der Waals surface area (Å²) in [5.74, 6) is 0.181. The Morgan fingerprint density at radius 1 is 1.14 bits per heavy atom.